The summed E-state index contributed by atoms with van der Waals surface area (Å²) in [4.78, 5) is 16.1. The van der Waals surface area contributed by atoms with Crippen LogP contribution in [0.15, 0.2) is 29.4 Å². The topological polar surface area (TPSA) is 123 Å². The monoisotopic (exact) mass is 328 g/mol. The number of oxime groups is 1. The molecule has 122 valence electrons. The molecule has 8 nitrogen and oxygen atoms in total. The number of nitrogens with two attached hydrogens (primary N) is 1. The molecule has 0 aliphatic carbocycles. The molecule has 9 heteroatoms. The highest BCUT2D eigenvalue weighted by Gasteiger charge is 2.14. The molecule has 0 saturated heterocycles. The zero-order valence-corrected chi connectivity index (χ0v) is 13.7. The summed E-state index contributed by atoms with van der Waals surface area (Å²) in [6.07, 6.45) is 0.337. The number of hydrogen-bond acceptors (Lipinski definition) is 5. The highest BCUT2D eigenvalue weighted by atomic mass is 32.2. The van der Waals surface area contributed by atoms with E-state index in [0.717, 1.165) is 6.26 Å². The van der Waals surface area contributed by atoms with E-state index in [2.05, 4.69) is 20.0 Å². The van der Waals surface area contributed by atoms with Crippen LogP contribution in [-0.2, 0) is 14.9 Å². The molecule has 22 heavy (non-hydrogen) atoms. The van der Waals surface area contributed by atoms with E-state index in [1.54, 1.807) is 32.9 Å². The standard InChI is InChI=1S/C13H20N4O4S/c1-13(2,3)15-12(18)21-16-11(14)9-5-7-10(8-6-9)17-22(4,19)20/h5-8,17H,1-4H3,(H2,14,16)(H,15,18). The fourth-order valence-corrected chi connectivity index (χ4v) is 1.96. The molecule has 1 aromatic rings. The molecule has 0 atom stereocenters. The maximum Gasteiger partial charge on any atom is 0.433 e. The van der Waals surface area contributed by atoms with Crippen molar-refractivity contribution in [1.29, 1.82) is 0 Å². The summed E-state index contributed by atoms with van der Waals surface area (Å²) in [5, 5.41) is 6.09. The molecule has 0 saturated carbocycles. The van der Waals surface area contributed by atoms with Crippen LogP contribution in [0.2, 0.25) is 0 Å². The molecule has 0 aliphatic rings. The van der Waals surface area contributed by atoms with Crippen molar-refractivity contribution in [2.24, 2.45) is 10.9 Å². The number of carbonyl (C=O) groups is 1. The smallest absolute Gasteiger partial charge is 0.380 e. The highest BCUT2D eigenvalue weighted by Crippen LogP contribution is 2.10. The van der Waals surface area contributed by atoms with Gasteiger partial charge in [-0.25, -0.2) is 13.2 Å². The van der Waals surface area contributed by atoms with Crippen LogP contribution in [-0.4, -0.2) is 32.1 Å². The SMILES string of the molecule is CC(C)(C)NC(=O)O/N=C(/N)c1ccc(NS(C)(=O)=O)cc1. The molecule has 0 fully saturated rings. The molecule has 0 unspecified atom stereocenters. The van der Waals surface area contributed by atoms with Crippen LogP contribution in [0.1, 0.15) is 26.3 Å². The van der Waals surface area contributed by atoms with Gasteiger partial charge in [-0.05, 0) is 45.0 Å². The lowest BCUT2D eigenvalue weighted by molar-refractivity contribution is 0.141. The van der Waals surface area contributed by atoms with Gasteiger partial charge >= 0.3 is 6.09 Å². The van der Waals surface area contributed by atoms with Gasteiger partial charge in [-0.3, -0.25) is 9.56 Å². The van der Waals surface area contributed by atoms with Crippen molar-refractivity contribution >= 4 is 27.6 Å². The molecule has 0 heterocycles. The first-order valence-electron chi connectivity index (χ1n) is 6.37. The number of rotatable bonds is 4. The van der Waals surface area contributed by atoms with E-state index in [1.807, 2.05) is 0 Å². The Morgan fingerprint density at radius 1 is 1.23 bits per heavy atom. The minimum absolute atomic E-state index is 0.00466. The summed E-state index contributed by atoms with van der Waals surface area (Å²) in [5.74, 6) is -0.00466. The summed E-state index contributed by atoms with van der Waals surface area (Å²) >= 11 is 0. The Morgan fingerprint density at radius 3 is 2.23 bits per heavy atom. The lowest BCUT2D eigenvalue weighted by Crippen LogP contribution is -2.40. The Bertz CT molecular complexity index is 660. The largest absolute Gasteiger partial charge is 0.433 e. The van der Waals surface area contributed by atoms with E-state index < -0.39 is 21.7 Å². The van der Waals surface area contributed by atoms with Gasteiger partial charge in [-0.15, -0.1) is 0 Å². The Kier molecular flexibility index (Phi) is 5.37. The number of sulfonamides is 1. The first-order chi connectivity index (χ1) is 9.96. The van der Waals surface area contributed by atoms with Crippen LogP contribution < -0.4 is 15.8 Å². The van der Waals surface area contributed by atoms with Crippen LogP contribution in [0.5, 0.6) is 0 Å². The molecule has 1 amide bonds. The van der Waals surface area contributed by atoms with Crippen molar-refractivity contribution in [3.05, 3.63) is 29.8 Å². The predicted octanol–water partition coefficient (Wildman–Crippen LogP) is 1.20. The lowest BCUT2D eigenvalue weighted by atomic mass is 10.1. The third-order valence-corrected chi connectivity index (χ3v) is 2.79. The van der Waals surface area contributed by atoms with Crippen molar-refractivity contribution < 1.29 is 18.0 Å². The van der Waals surface area contributed by atoms with Gasteiger partial charge in [0.05, 0.1) is 6.26 Å². The number of amidine groups is 1. The average molecular weight is 328 g/mol. The molecule has 1 rings (SSSR count). The first-order valence-corrected chi connectivity index (χ1v) is 8.26. The van der Waals surface area contributed by atoms with Crippen molar-refractivity contribution in [2.45, 2.75) is 26.3 Å². The summed E-state index contributed by atoms with van der Waals surface area (Å²) in [7, 11) is -3.34. The van der Waals surface area contributed by atoms with E-state index in [9.17, 15) is 13.2 Å². The van der Waals surface area contributed by atoms with E-state index >= 15 is 0 Å². The van der Waals surface area contributed by atoms with Crippen LogP contribution in [0.4, 0.5) is 10.5 Å². The van der Waals surface area contributed by atoms with E-state index in [1.165, 1.54) is 12.1 Å². The molecule has 0 bridgehead atoms. The Hall–Kier alpha value is -2.29. The Morgan fingerprint density at radius 2 is 1.77 bits per heavy atom. The quantitative estimate of drug-likeness (QED) is 0.332. The second kappa shape index (κ2) is 6.65. The van der Waals surface area contributed by atoms with Crippen molar-refractivity contribution in [3.8, 4) is 0 Å². The van der Waals surface area contributed by atoms with E-state index in [4.69, 9.17) is 5.73 Å². The molecule has 0 radical (unpaired) electrons. The fraction of sp³-hybridized carbons (Fsp3) is 0.385. The van der Waals surface area contributed by atoms with Gasteiger partial charge in [-0.2, -0.15) is 0 Å². The summed E-state index contributed by atoms with van der Waals surface area (Å²) in [6.45, 7) is 5.40. The first kappa shape index (κ1) is 17.8. The normalized spacial score (nSPS) is 12.6. The summed E-state index contributed by atoms with van der Waals surface area (Å²) in [5.41, 5.74) is 6.13. The zero-order chi connectivity index (χ0) is 17.0. The number of carbonyl (C=O) groups excluding carboxylic acids is 1. The van der Waals surface area contributed by atoms with E-state index in [-0.39, 0.29) is 5.84 Å². The van der Waals surface area contributed by atoms with Crippen LogP contribution in [0.25, 0.3) is 0 Å². The maximum absolute atomic E-state index is 11.4. The van der Waals surface area contributed by atoms with Crippen LogP contribution in [0.3, 0.4) is 0 Å². The second-order valence-electron chi connectivity index (χ2n) is 5.68. The van der Waals surface area contributed by atoms with Gasteiger partial charge in [0.1, 0.15) is 0 Å². The van der Waals surface area contributed by atoms with Gasteiger partial charge in [0.15, 0.2) is 5.84 Å². The fourth-order valence-electron chi connectivity index (χ4n) is 1.40. The number of nitrogens with one attached hydrogen (secondary N) is 2. The van der Waals surface area contributed by atoms with Gasteiger partial charge in [0, 0.05) is 16.8 Å². The molecular weight excluding hydrogens is 308 g/mol. The summed E-state index contributed by atoms with van der Waals surface area (Å²) < 4.78 is 24.5. The van der Waals surface area contributed by atoms with Crippen molar-refractivity contribution in [3.63, 3.8) is 0 Å². The molecule has 0 aliphatic heterocycles. The zero-order valence-electron chi connectivity index (χ0n) is 12.9. The predicted molar refractivity (Wildman–Crippen MR) is 85.0 cm³/mol. The molecular formula is C13H20N4O4S. The van der Waals surface area contributed by atoms with Crippen molar-refractivity contribution in [1.82, 2.24) is 5.32 Å². The highest BCUT2D eigenvalue weighted by molar-refractivity contribution is 7.92. The number of hydrogen-bond donors (Lipinski definition) is 3. The van der Waals surface area contributed by atoms with Gasteiger partial charge in [0.2, 0.25) is 10.0 Å². The van der Waals surface area contributed by atoms with Gasteiger partial charge < -0.3 is 11.1 Å². The molecule has 1 aromatic carbocycles. The Balaban J connectivity index is 2.71. The Labute approximate surface area is 129 Å². The van der Waals surface area contributed by atoms with E-state index in [0.29, 0.717) is 11.3 Å². The lowest BCUT2D eigenvalue weighted by Gasteiger charge is -2.18. The number of anilines is 1. The number of nitrogens with zero attached hydrogens (tertiary/aromatic N) is 1. The maximum atomic E-state index is 11.4. The second-order valence-corrected chi connectivity index (χ2v) is 7.43. The minimum atomic E-state index is -3.34. The molecule has 0 aromatic heterocycles. The van der Waals surface area contributed by atoms with Crippen LogP contribution >= 0.6 is 0 Å². The third kappa shape index (κ3) is 6.93. The number of benzene rings is 1. The van der Waals surface area contributed by atoms with Crippen LogP contribution in [0, 0.1) is 0 Å². The van der Waals surface area contributed by atoms with Gasteiger partial charge in [0.25, 0.3) is 0 Å². The minimum Gasteiger partial charge on any atom is -0.380 e. The van der Waals surface area contributed by atoms with Gasteiger partial charge in [-0.1, -0.05) is 5.16 Å². The summed E-state index contributed by atoms with van der Waals surface area (Å²) in [6, 6.07) is 6.15. The molecule has 4 N–H and O–H groups in total. The average Bonchev–Trinajstić information content (AvgIpc) is 2.33. The third-order valence-electron chi connectivity index (χ3n) is 2.19. The number of amides is 1. The molecule has 0 spiro atoms. The van der Waals surface area contributed by atoms with Crippen molar-refractivity contribution in [2.75, 3.05) is 11.0 Å².